The number of hydrogen-bond acceptors (Lipinski definition) is 3. The smallest absolute Gasteiger partial charge is 0.323 e. The molecular formula is C17H17BrN4O2. The zero-order chi connectivity index (χ0) is 16.9. The minimum atomic E-state index is -0.243. The summed E-state index contributed by atoms with van der Waals surface area (Å²) in [4.78, 5) is 13.7. The summed E-state index contributed by atoms with van der Waals surface area (Å²) in [5.74, 6) is 1.22. The van der Waals surface area contributed by atoms with Gasteiger partial charge in [0, 0.05) is 19.3 Å². The van der Waals surface area contributed by atoms with Crippen LogP contribution >= 0.6 is 15.9 Å². The molecule has 1 aromatic carbocycles. The molecule has 124 valence electrons. The third kappa shape index (κ3) is 4.26. The van der Waals surface area contributed by atoms with E-state index in [2.05, 4.69) is 26.3 Å². The van der Waals surface area contributed by atoms with Crippen LogP contribution in [0.2, 0.25) is 0 Å². The Balaban J connectivity index is 1.56. The maximum absolute atomic E-state index is 12.2. The second-order valence-electron chi connectivity index (χ2n) is 5.38. The standard InChI is InChI=1S/C17H17BrN4O2/c1-21(12-14-7-8-15(18)24-14)17(23)19-16-9-10-22(20-16)11-13-5-3-2-4-6-13/h2-10H,11-12H2,1H3,(H,19,20,23). The Hall–Kier alpha value is -2.54. The van der Waals surface area contributed by atoms with Crippen molar-refractivity contribution in [3.8, 4) is 0 Å². The van der Waals surface area contributed by atoms with Gasteiger partial charge in [0.05, 0.1) is 13.1 Å². The number of urea groups is 1. The van der Waals surface area contributed by atoms with Gasteiger partial charge >= 0.3 is 6.03 Å². The van der Waals surface area contributed by atoms with Crippen LogP contribution in [0, 0.1) is 0 Å². The van der Waals surface area contributed by atoms with E-state index in [4.69, 9.17) is 4.42 Å². The highest BCUT2D eigenvalue weighted by Gasteiger charge is 2.12. The molecule has 0 aliphatic carbocycles. The first kappa shape index (κ1) is 16.3. The largest absolute Gasteiger partial charge is 0.452 e. The number of nitrogens with one attached hydrogen (secondary N) is 1. The normalized spacial score (nSPS) is 10.6. The van der Waals surface area contributed by atoms with Crippen molar-refractivity contribution in [2.45, 2.75) is 13.1 Å². The lowest BCUT2D eigenvalue weighted by atomic mass is 10.2. The molecule has 6 nitrogen and oxygen atoms in total. The predicted octanol–water partition coefficient (Wildman–Crippen LogP) is 3.95. The average Bonchev–Trinajstić information content (AvgIpc) is 3.17. The number of nitrogens with zero attached hydrogens (tertiary/aromatic N) is 3. The molecule has 2 heterocycles. The van der Waals surface area contributed by atoms with Crippen molar-refractivity contribution >= 4 is 27.8 Å². The van der Waals surface area contributed by atoms with Gasteiger partial charge in [-0.2, -0.15) is 5.10 Å². The Morgan fingerprint density at radius 3 is 2.75 bits per heavy atom. The molecule has 3 rings (SSSR count). The van der Waals surface area contributed by atoms with Crippen LogP contribution in [0.4, 0.5) is 10.6 Å². The minimum absolute atomic E-state index is 0.243. The maximum atomic E-state index is 12.2. The summed E-state index contributed by atoms with van der Waals surface area (Å²) < 4.78 is 7.83. The first-order valence-corrected chi connectivity index (χ1v) is 8.23. The van der Waals surface area contributed by atoms with Crippen LogP contribution in [0.1, 0.15) is 11.3 Å². The fourth-order valence-electron chi connectivity index (χ4n) is 2.23. The highest BCUT2D eigenvalue weighted by Crippen LogP contribution is 2.15. The lowest BCUT2D eigenvalue weighted by Crippen LogP contribution is -2.30. The molecule has 2 amide bonds. The van der Waals surface area contributed by atoms with Crippen LogP contribution in [0.5, 0.6) is 0 Å². The van der Waals surface area contributed by atoms with Gasteiger partial charge in [0.1, 0.15) is 5.76 Å². The molecule has 0 aliphatic heterocycles. The Labute approximate surface area is 148 Å². The molecule has 0 unspecified atom stereocenters. The van der Waals surface area contributed by atoms with Crippen molar-refractivity contribution in [1.29, 1.82) is 0 Å². The van der Waals surface area contributed by atoms with Gasteiger partial charge in [-0.1, -0.05) is 30.3 Å². The number of rotatable bonds is 5. The number of hydrogen-bond donors (Lipinski definition) is 1. The highest BCUT2D eigenvalue weighted by atomic mass is 79.9. The highest BCUT2D eigenvalue weighted by molar-refractivity contribution is 9.10. The predicted molar refractivity (Wildman–Crippen MR) is 94.7 cm³/mol. The van der Waals surface area contributed by atoms with Crippen LogP contribution in [0.3, 0.4) is 0 Å². The first-order chi connectivity index (χ1) is 11.6. The SMILES string of the molecule is CN(Cc1ccc(Br)o1)C(=O)Nc1ccn(Cc2ccccc2)n1. The fraction of sp³-hybridized carbons (Fsp3) is 0.176. The summed E-state index contributed by atoms with van der Waals surface area (Å²) in [5, 5.41) is 7.14. The molecule has 0 spiro atoms. The number of amides is 2. The van der Waals surface area contributed by atoms with Gasteiger partial charge in [-0.25, -0.2) is 4.79 Å². The number of aromatic nitrogens is 2. The van der Waals surface area contributed by atoms with E-state index in [0.29, 0.717) is 29.3 Å². The van der Waals surface area contributed by atoms with Crippen molar-refractivity contribution in [2.75, 3.05) is 12.4 Å². The second-order valence-corrected chi connectivity index (χ2v) is 6.16. The van der Waals surface area contributed by atoms with Gasteiger partial charge in [0.25, 0.3) is 0 Å². The maximum Gasteiger partial charge on any atom is 0.323 e. The molecule has 0 saturated carbocycles. The zero-order valence-electron chi connectivity index (χ0n) is 13.1. The third-order valence-electron chi connectivity index (χ3n) is 3.43. The Bertz CT molecular complexity index is 813. The molecular weight excluding hydrogens is 372 g/mol. The van der Waals surface area contributed by atoms with E-state index in [-0.39, 0.29) is 6.03 Å². The molecule has 24 heavy (non-hydrogen) atoms. The molecule has 2 aromatic heterocycles. The van der Waals surface area contributed by atoms with Crippen LogP contribution < -0.4 is 5.32 Å². The third-order valence-corrected chi connectivity index (χ3v) is 3.86. The van der Waals surface area contributed by atoms with Crippen molar-refractivity contribution in [2.24, 2.45) is 0 Å². The van der Waals surface area contributed by atoms with Gasteiger partial charge in [-0.3, -0.25) is 10.00 Å². The molecule has 0 aliphatic rings. The van der Waals surface area contributed by atoms with Crippen molar-refractivity contribution in [1.82, 2.24) is 14.7 Å². The average molecular weight is 389 g/mol. The van der Waals surface area contributed by atoms with E-state index in [1.165, 1.54) is 4.90 Å². The van der Waals surface area contributed by atoms with E-state index in [0.717, 1.165) is 5.56 Å². The van der Waals surface area contributed by atoms with Gasteiger partial charge in [-0.05, 0) is 33.6 Å². The summed E-state index contributed by atoms with van der Waals surface area (Å²) in [6.07, 6.45) is 1.84. The van der Waals surface area contributed by atoms with Gasteiger partial charge < -0.3 is 9.32 Å². The molecule has 0 fully saturated rings. The first-order valence-electron chi connectivity index (χ1n) is 7.44. The Morgan fingerprint density at radius 2 is 2.04 bits per heavy atom. The molecule has 0 saturated heterocycles. The topological polar surface area (TPSA) is 63.3 Å². The number of benzene rings is 1. The van der Waals surface area contributed by atoms with E-state index < -0.39 is 0 Å². The Morgan fingerprint density at radius 1 is 1.25 bits per heavy atom. The minimum Gasteiger partial charge on any atom is -0.452 e. The molecule has 7 heteroatoms. The van der Waals surface area contributed by atoms with Crippen molar-refractivity contribution in [3.63, 3.8) is 0 Å². The van der Waals surface area contributed by atoms with E-state index >= 15 is 0 Å². The second kappa shape index (κ2) is 7.35. The number of anilines is 1. The van der Waals surface area contributed by atoms with Crippen molar-refractivity contribution in [3.05, 3.63) is 70.7 Å². The summed E-state index contributed by atoms with van der Waals surface area (Å²) in [6.45, 7) is 1.04. The number of carbonyl (C=O) groups is 1. The quantitative estimate of drug-likeness (QED) is 0.719. The number of carbonyl (C=O) groups excluding carboxylic acids is 1. The summed E-state index contributed by atoms with van der Waals surface area (Å²) >= 11 is 3.24. The van der Waals surface area contributed by atoms with E-state index in [1.54, 1.807) is 23.9 Å². The van der Waals surface area contributed by atoms with Gasteiger partial charge in [-0.15, -0.1) is 0 Å². The zero-order valence-corrected chi connectivity index (χ0v) is 14.7. The lowest BCUT2D eigenvalue weighted by Gasteiger charge is -2.15. The fourth-order valence-corrected chi connectivity index (χ4v) is 2.57. The van der Waals surface area contributed by atoms with Crippen LogP contribution in [-0.2, 0) is 13.1 Å². The van der Waals surface area contributed by atoms with Gasteiger partial charge in [0.2, 0.25) is 0 Å². The Kier molecular flexibility index (Phi) is 5.00. The molecule has 1 N–H and O–H groups in total. The summed E-state index contributed by atoms with van der Waals surface area (Å²) in [7, 11) is 1.70. The van der Waals surface area contributed by atoms with E-state index in [1.807, 2.05) is 42.6 Å². The lowest BCUT2D eigenvalue weighted by molar-refractivity contribution is 0.216. The van der Waals surface area contributed by atoms with Crippen molar-refractivity contribution < 1.29 is 9.21 Å². The monoisotopic (exact) mass is 388 g/mol. The van der Waals surface area contributed by atoms with E-state index in [9.17, 15) is 4.79 Å². The molecule has 0 radical (unpaired) electrons. The molecule has 3 aromatic rings. The number of halogens is 1. The number of furan rings is 1. The van der Waals surface area contributed by atoms with Crippen LogP contribution in [0.15, 0.2) is 63.8 Å². The summed E-state index contributed by atoms with van der Waals surface area (Å²) in [5.41, 5.74) is 1.15. The van der Waals surface area contributed by atoms with Crippen LogP contribution in [0.25, 0.3) is 0 Å². The molecule has 0 bridgehead atoms. The molecule has 0 atom stereocenters. The summed E-state index contributed by atoms with van der Waals surface area (Å²) in [6, 6.07) is 15.2. The van der Waals surface area contributed by atoms with Crippen LogP contribution in [-0.4, -0.2) is 27.8 Å². The van der Waals surface area contributed by atoms with Gasteiger partial charge in [0.15, 0.2) is 10.5 Å².